The predicted molar refractivity (Wildman–Crippen MR) is 191 cm³/mol. The van der Waals surface area contributed by atoms with E-state index in [1.165, 1.54) is 50.7 Å². The molecular weight excluding hydrogens is 630 g/mol. The highest BCUT2D eigenvalue weighted by Crippen LogP contribution is 2.33. The monoisotopic (exact) mass is 676 g/mol. The smallest absolute Gasteiger partial charge is 0.131 e. The fourth-order valence-electron chi connectivity index (χ4n) is 6.66. The first-order valence-corrected chi connectivity index (χ1v) is 17.5. The lowest BCUT2D eigenvalue weighted by atomic mass is 9.96. The topological polar surface area (TPSA) is 45.2 Å². The average molecular weight is 677 g/mol. The molecule has 0 aromatic heterocycles. The second kappa shape index (κ2) is 17.8. The van der Waals surface area contributed by atoms with E-state index in [-0.39, 0.29) is 18.2 Å². The molecule has 0 bridgehead atoms. The van der Waals surface area contributed by atoms with Gasteiger partial charge in [-0.25, -0.2) is 8.78 Å². The number of methoxy groups -OCH3 is 2. The van der Waals surface area contributed by atoms with Gasteiger partial charge in [-0.1, -0.05) is 49.2 Å². The van der Waals surface area contributed by atoms with Crippen LogP contribution in [0.3, 0.4) is 0 Å². The highest BCUT2D eigenvalue weighted by molar-refractivity contribution is 6.17. The average Bonchev–Trinajstić information content (AvgIpc) is 3.13. The van der Waals surface area contributed by atoms with Crippen molar-refractivity contribution in [3.05, 3.63) is 107 Å². The Morgan fingerprint density at radius 2 is 1.02 bits per heavy atom. The Balaban J connectivity index is 0.000000188. The molecule has 0 amide bonds. The van der Waals surface area contributed by atoms with Crippen LogP contribution in [0.15, 0.2) is 72.8 Å². The summed E-state index contributed by atoms with van der Waals surface area (Å²) in [5.74, 6) is 1.29. The first kappa shape index (κ1) is 35.8. The zero-order valence-electron chi connectivity index (χ0n) is 28.1. The third kappa shape index (κ3) is 9.35. The molecule has 4 aromatic rings. The normalized spacial score (nSPS) is 15.5. The van der Waals surface area contributed by atoms with Gasteiger partial charge in [0.2, 0.25) is 0 Å². The van der Waals surface area contributed by atoms with Crippen molar-refractivity contribution in [3.63, 3.8) is 0 Å². The number of ether oxygens (including phenoxy) is 2. The number of benzene rings is 4. The van der Waals surface area contributed by atoms with Gasteiger partial charge in [-0.3, -0.25) is 9.80 Å². The van der Waals surface area contributed by atoms with Crippen molar-refractivity contribution in [1.29, 1.82) is 0 Å². The second-order valence-electron chi connectivity index (χ2n) is 12.6. The van der Waals surface area contributed by atoms with E-state index in [1.54, 1.807) is 38.5 Å². The van der Waals surface area contributed by atoms with Crippen molar-refractivity contribution < 1.29 is 23.4 Å². The van der Waals surface area contributed by atoms with Crippen LogP contribution in [0.25, 0.3) is 22.3 Å². The molecule has 5 nitrogen and oxygen atoms in total. The van der Waals surface area contributed by atoms with E-state index in [0.29, 0.717) is 28.5 Å². The fraction of sp³-hybridized carbons (Fsp3) is 0.400. The van der Waals surface area contributed by atoms with Crippen LogP contribution in [-0.2, 0) is 25.6 Å². The van der Waals surface area contributed by atoms with E-state index in [0.717, 1.165) is 72.6 Å². The lowest BCUT2D eigenvalue weighted by Gasteiger charge is -2.27. The summed E-state index contributed by atoms with van der Waals surface area (Å²) in [5, 5.41) is 9.46. The Bertz CT molecular complexity index is 1520. The maximum Gasteiger partial charge on any atom is 0.131 e. The van der Waals surface area contributed by atoms with E-state index in [9.17, 15) is 13.9 Å². The number of hydrogen-bond acceptors (Lipinski definition) is 5. The summed E-state index contributed by atoms with van der Waals surface area (Å²) < 4.78 is 39.4. The highest BCUT2D eigenvalue weighted by Gasteiger charge is 2.18. The molecule has 8 heteroatoms. The molecule has 0 atom stereocenters. The number of aliphatic hydroxyl groups excluding tert-OH is 1. The summed E-state index contributed by atoms with van der Waals surface area (Å²) in [6, 6.07) is 21.5. The van der Waals surface area contributed by atoms with Gasteiger partial charge in [0.1, 0.15) is 23.1 Å². The Kier molecular flexibility index (Phi) is 13.3. The summed E-state index contributed by atoms with van der Waals surface area (Å²) in [5.41, 5.74) is 7.02. The summed E-state index contributed by atoms with van der Waals surface area (Å²) in [4.78, 5) is 4.85. The summed E-state index contributed by atoms with van der Waals surface area (Å²) in [7, 11) is 3.18. The first-order chi connectivity index (χ1) is 23.4. The molecule has 0 unspecified atom stereocenters. The molecule has 6 rings (SSSR count). The van der Waals surface area contributed by atoms with Crippen molar-refractivity contribution in [2.24, 2.45) is 0 Å². The predicted octanol–water partition coefficient (Wildman–Crippen LogP) is 9.21. The Hall–Kier alpha value is -3.49. The van der Waals surface area contributed by atoms with Crippen molar-refractivity contribution in [2.75, 3.05) is 40.4 Å². The largest absolute Gasteiger partial charge is 0.497 e. The van der Waals surface area contributed by atoms with E-state index in [2.05, 4.69) is 15.9 Å². The number of rotatable bonds is 10. The van der Waals surface area contributed by atoms with Gasteiger partial charge >= 0.3 is 0 Å². The van der Waals surface area contributed by atoms with Crippen LogP contribution < -0.4 is 9.47 Å². The van der Waals surface area contributed by atoms with Crippen LogP contribution in [0.2, 0.25) is 0 Å². The van der Waals surface area contributed by atoms with Crippen LogP contribution in [-0.4, -0.2) is 55.3 Å². The Morgan fingerprint density at radius 3 is 1.44 bits per heavy atom. The van der Waals surface area contributed by atoms with Crippen molar-refractivity contribution >= 4 is 11.6 Å². The van der Waals surface area contributed by atoms with E-state index >= 15 is 0 Å². The molecule has 0 radical (unpaired) electrons. The lowest BCUT2D eigenvalue weighted by molar-refractivity contribution is 0.221. The van der Waals surface area contributed by atoms with Crippen molar-refractivity contribution in [3.8, 4) is 33.8 Å². The summed E-state index contributed by atoms with van der Waals surface area (Å²) in [6.45, 7) is 5.95. The lowest BCUT2D eigenvalue weighted by Crippen LogP contribution is -2.29. The van der Waals surface area contributed by atoms with Crippen LogP contribution in [0.4, 0.5) is 8.78 Å². The molecule has 2 saturated heterocycles. The maximum atomic E-state index is 14.4. The molecule has 2 aliphatic heterocycles. The van der Waals surface area contributed by atoms with Gasteiger partial charge in [-0.2, -0.15) is 0 Å². The third-order valence-corrected chi connectivity index (χ3v) is 9.60. The van der Waals surface area contributed by atoms with Gasteiger partial charge < -0.3 is 14.6 Å². The van der Waals surface area contributed by atoms with Gasteiger partial charge in [0.15, 0.2) is 0 Å². The van der Waals surface area contributed by atoms with E-state index in [4.69, 9.17) is 21.1 Å². The van der Waals surface area contributed by atoms with Gasteiger partial charge in [-0.05, 0) is 122 Å². The highest BCUT2D eigenvalue weighted by atomic mass is 35.5. The zero-order valence-corrected chi connectivity index (χ0v) is 28.9. The van der Waals surface area contributed by atoms with Crippen LogP contribution in [0.5, 0.6) is 11.5 Å². The Morgan fingerprint density at radius 1 is 0.583 bits per heavy atom. The third-order valence-electron chi connectivity index (χ3n) is 9.29. The number of hydrogen-bond donors (Lipinski definition) is 1. The fourth-order valence-corrected chi connectivity index (χ4v) is 6.82. The van der Waals surface area contributed by atoms with E-state index < -0.39 is 0 Å². The molecule has 48 heavy (non-hydrogen) atoms. The van der Waals surface area contributed by atoms with Gasteiger partial charge in [0.25, 0.3) is 0 Å². The second-order valence-corrected chi connectivity index (χ2v) is 12.9. The van der Waals surface area contributed by atoms with Crippen LogP contribution >= 0.6 is 11.6 Å². The molecule has 1 N–H and O–H groups in total. The zero-order chi connectivity index (χ0) is 33.9. The number of likely N-dealkylation sites (tertiary alicyclic amines) is 2. The molecule has 0 aliphatic carbocycles. The first-order valence-electron chi connectivity index (χ1n) is 16.9. The molecule has 2 aliphatic rings. The minimum Gasteiger partial charge on any atom is -0.497 e. The standard InChI is InChI=1S/C20H23ClFNO.C20H24FNO2/c1-24-17-6-8-20(22)19(12-17)18-7-5-15(13-21)11-16(18)14-23-9-3-2-4-10-23;1-24-17-6-8-20(21)19(12-17)18-7-5-15(14-23)11-16(18)13-22-9-3-2-4-10-22/h5-8,11-12H,2-4,9-10,13-14H2,1H3;5-8,11-12,23H,2-4,9-10,13-14H2,1H3. The van der Waals surface area contributed by atoms with Crippen LogP contribution in [0, 0.1) is 11.6 Å². The number of halogens is 3. The molecular formula is C40H47ClF2N2O3. The summed E-state index contributed by atoms with van der Waals surface area (Å²) >= 11 is 6.01. The minimum absolute atomic E-state index is 0.00608. The number of alkyl halides is 1. The van der Waals surface area contributed by atoms with Gasteiger partial charge in [0, 0.05) is 30.1 Å². The van der Waals surface area contributed by atoms with Crippen molar-refractivity contribution in [1.82, 2.24) is 9.80 Å². The molecule has 0 saturated carbocycles. The molecule has 0 spiro atoms. The van der Waals surface area contributed by atoms with Gasteiger partial charge in [0.05, 0.1) is 20.8 Å². The molecule has 4 aromatic carbocycles. The molecule has 2 heterocycles. The summed E-state index contributed by atoms with van der Waals surface area (Å²) in [6.07, 6.45) is 7.47. The SMILES string of the molecule is COc1ccc(F)c(-c2ccc(CCl)cc2CN2CCCCC2)c1.COc1ccc(F)c(-c2ccc(CO)cc2CN2CCCCC2)c1. The minimum atomic E-state index is -0.257. The Labute approximate surface area is 289 Å². The van der Waals surface area contributed by atoms with E-state index in [1.807, 2.05) is 30.3 Å². The maximum absolute atomic E-state index is 14.4. The van der Waals surface area contributed by atoms with Crippen LogP contribution in [0.1, 0.15) is 60.8 Å². The number of aliphatic hydroxyl groups is 1. The molecule has 2 fully saturated rings. The number of nitrogens with zero attached hydrogens (tertiary/aromatic N) is 2. The number of piperidine rings is 2. The van der Waals surface area contributed by atoms with Crippen molar-refractivity contribution in [2.45, 2.75) is 64.1 Å². The molecule has 256 valence electrons. The quantitative estimate of drug-likeness (QED) is 0.170. The van der Waals surface area contributed by atoms with Gasteiger partial charge in [-0.15, -0.1) is 11.6 Å².